The Hall–Kier alpha value is -3.50. The lowest BCUT2D eigenvalue weighted by Crippen LogP contribution is -2.57. The lowest BCUT2D eigenvalue weighted by Gasteiger charge is -2.47. The van der Waals surface area contributed by atoms with Crippen molar-refractivity contribution < 1.29 is 23.4 Å². The van der Waals surface area contributed by atoms with Crippen LogP contribution in [0.2, 0.25) is 0 Å². The molecule has 0 aliphatic carbocycles. The standard InChI is InChI=1S/C28H32FN5O4/c29-22-4-7-26-25(16-22)27(35)33-11-8-28(9-12-33)20-32(13-15-38-28)17-21-2-5-24(6-3-21)37-19-23-18-34(31-30-23)10-1-14-36-26/h2-7,16,18H,1,8-15,17,19-20H2. The molecule has 1 spiro atoms. The number of piperidine rings is 1. The van der Waals surface area contributed by atoms with Crippen molar-refractivity contribution in [1.82, 2.24) is 24.8 Å². The summed E-state index contributed by atoms with van der Waals surface area (Å²) >= 11 is 0. The van der Waals surface area contributed by atoms with Crippen molar-refractivity contribution in [3.63, 3.8) is 0 Å². The zero-order valence-corrected chi connectivity index (χ0v) is 21.4. The Kier molecular flexibility index (Phi) is 6.99. The monoisotopic (exact) mass is 521 g/mol. The van der Waals surface area contributed by atoms with E-state index in [1.54, 1.807) is 9.58 Å². The van der Waals surface area contributed by atoms with E-state index in [9.17, 15) is 9.18 Å². The first kappa shape index (κ1) is 24.8. The van der Waals surface area contributed by atoms with Crippen LogP contribution >= 0.6 is 0 Å². The lowest BCUT2D eigenvalue weighted by molar-refractivity contribution is -0.134. The van der Waals surface area contributed by atoms with Gasteiger partial charge >= 0.3 is 0 Å². The van der Waals surface area contributed by atoms with Crippen LogP contribution in [0.4, 0.5) is 4.39 Å². The molecule has 9 nitrogen and oxygen atoms in total. The molecule has 5 aliphatic heterocycles. The third kappa shape index (κ3) is 5.51. The number of hydrogen-bond acceptors (Lipinski definition) is 7. The van der Waals surface area contributed by atoms with Crippen LogP contribution in [0, 0.1) is 5.82 Å². The zero-order valence-electron chi connectivity index (χ0n) is 21.4. The Labute approximate surface area is 221 Å². The Morgan fingerprint density at radius 3 is 2.63 bits per heavy atom. The molecule has 1 amide bonds. The number of rotatable bonds is 0. The minimum Gasteiger partial charge on any atom is -0.493 e. The average Bonchev–Trinajstić information content (AvgIpc) is 3.39. The van der Waals surface area contributed by atoms with Gasteiger partial charge < -0.3 is 19.1 Å². The van der Waals surface area contributed by atoms with E-state index in [0.29, 0.717) is 51.6 Å². The lowest BCUT2D eigenvalue weighted by atomic mass is 9.88. The SMILES string of the molecule is O=C1c2cc(F)ccc2OCCCn2cc(nn2)COc2ccc(cc2)CN2CCOC3(CCN1CC3)C2. The molecule has 10 heteroatoms. The highest BCUT2D eigenvalue weighted by Crippen LogP contribution is 2.32. The van der Waals surface area contributed by atoms with Crippen LogP contribution in [0.15, 0.2) is 48.7 Å². The van der Waals surface area contributed by atoms with E-state index in [1.807, 2.05) is 18.3 Å². The number of carbonyl (C=O) groups is 1. The maximum Gasteiger partial charge on any atom is 0.257 e. The summed E-state index contributed by atoms with van der Waals surface area (Å²) in [5, 5.41) is 8.36. The second kappa shape index (κ2) is 10.7. The van der Waals surface area contributed by atoms with Gasteiger partial charge in [0.15, 0.2) is 0 Å². The van der Waals surface area contributed by atoms with Gasteiger partial charge in [-0.25, -0.2) is 4.39 Å². The molecule has 8 rings (SSSR count). The largest absolute Gasteiger partial charge is 0.493 e. The first-order valence-corrected chi connectivity index (χ1v) is 13.2. The molecular formula is C28H32FN5O4. The van der Waals surface area contributed by atoms with Gasteiger partial charge in [0, 0.05) is 45.7 Å². The number of fused-ring (bicyclic) bond motifs is 2. The summed E-state index contributed by atoms with van der Waals surface area (Å²) in [6.07, 6.45) is 3.99. The fourth-order valence-corrected chi connectivity index (χ4v) is 5.47. The van der Waals surface area contributed by atoms with E-state index < -0.39 is 5.82 Å². The van der Waals surface area contributed by atoms with Gasteiger partial charge in [0.25, 0.3) is 5.91 Å². The number of aromatic nitrogens is 3. The Bertz CT molecular complexity index is 1270. The zero-order chi connectivity index (χ0) is 26.0. The third-order valence-electron chi connectivity index (χ3n) is 7.55. The molecule has 1 unspecified atom stereocenters. The molecule has 0 N–H and O–H groups in total. The quantitative estimate of drug-likeness (QED) is 0.449. The van der Waals surface area contributed by atoms with Crippen LogP contribution < -0.4 is 9.47 Å². The molecule has 6 heterocycles. The van der Waals surface area contributed by atoms with Crippen molar-refractivity contribution in [3.05, 3.63) is 71.3 Å². The number of hydrogen-bond donors (Lipinski definition) is 0. The third-order valence-corrected chi connectivity index (χ3v) is 7.55. The fraction of sp³-hybridized carbons (Fsp3) is 0.464. The smallest absolute Gasteiger partial charge is 0.257 e. The van der Waals surface area contributed by atoms with Gasteiger partial charge in [0.1, 0.15) is 29.6 Å². The second-order valence-corrected chi connectivity index (χ2v) is 10.3. The van der Waals surface area contributed by atoms with E-state index in [0.717, 1.165) is 43.9 Å². The maximum atomic E-state index is 14.2. The Morgan fingerprint density at radius 1 is 0.947 bits per heavy atom. The molecule has 3 aromatic rings. The number of benzene rings is 2. The first-order chi connectivity index (χ1) is 18.6. The summed E-state index contributed by atoms with van der Waals surface area (Å²) in [4.78, 5) is 17.7. The van der Waals surface area contributed by atoms with Gasteiger partial charge in [-0.1, -0.05) is 17.3 Å². The molecule has 5 aliphatic rings. The summed E-state index contributed by atoms with van der Waals surface area (Å²) in [5.41, 5.74) is 1.94. The Balaban J connectivity index is 1.23. The van der Waals surface area contributed by atoms with Crippen LogP contribution in [0.3, 0.4) is 0 Å². The predicted molar refractivity (Wildman–Crippen MR) is 136 cm³/mol. The van der Waals surface area contributed by atoms with Gasteiger partial charge in [-0.2, -0.15) is 0 Å². The first-order valence-electron chi connectivity index (χ1n) is 13.2. The van der Waals surface area contributed by atoms with Crippen molar-refractivity contribution in [2.45, 2.75) is 44.6 Å². The van der Waals surface area contributed by atoms with Crippen LogP contribution in [-0.4, -0.2) is 75.7 Å². The minimum atomic E-state index is -0.455. The summed E-state index contributed by atoms with van der Waals surface area (Å²) < 4.78 is 34.1. The van der Waals surface area contributed by atoms with Gasteiger partial charge in [0.2, 0.25) is 0 Å². The van der Waals surface area contributed by atoms with E-state index >= 15 is 0 Å². The number of amides is 1. The van der Waals surface area contributed by atoms with Gasteiger partial charge in [-0.15, -0.1) is 5.10 Å². The van der Waals surface area contributed by atoms with Crippen molar-refractivity contribution in [1.29, 1.82) is 0 Å². The summed E-state index contributed by atoms with van der Waals surface area (Å²) in [7, 11) is 0. The number of carbonyl (C=O) groups excluding carboxylic acids is 1. The van der Waals surface area contributed by atoms with E-state index in [-0.39, 0.29) is 17.1 Å². The molecule has 38 heavy (non-hydrogen) atoms. The second-order valence-electron chi connectivity index (χ2n) is 10.3. The highest BCUT2D eigenvalue weighted by molar-refractivity contribution is 5.97. The van der Waals surface area contributed by atoms with Crippen molar-refractivity contribution in [2.75, 3.05) is 39.4 Å². The van der Waals surface area contributed by atoms with Crippen molar-refractivity contribution in [2.24, 2.45) is 0 Å². The average molecular weight is 522 g/mol. The molecule has 1 atom stereocenters. The number of aryl methyl sites for hydroxylation is 1. The fourth-order valence-electron chi connectivity index (χ4n) is 5.47. The molecule has 0 radical (unpaired) electrons. The predicted octanol–water partition coefficient (Wildman–Crippen LogP) is 3.29. The molecule has 2 fully saturated rings. The van der Waals surface area contributed by atoms with E-state index in [4.69, 9.17) is 14.2 Å². The molecule has 2 aromatic carbocycles. The summed E-state index contributed by atoms with van der Waals surface area (Å²) in [5.74, 6) is 0.526. The van der Waals surface area contributed by atoms with E-state index in [2.05, 4.69) is 27.3 Å². The van der Waals surface area contributed by atoms with E-state index in [1.165, 1.54) is 23.8 Å². The highest BCUT2D eigenvalue weighted by atomic mass is 19.1. The summed E-state index contributed by atoms with van der Waals surface area (Å²) in [6, 6.07) is 12.3. The molecule has 7 bridgehead atoms. The van der Waals surface area contributed by atoms with Crippen LogP contribution in [0.1, 0.15) is 40.9 Å². The van der Waals surface area contributed by atoms with Crippen molar-refractivity contribution >= 4 is 5.91 Å². The van der Waals surface area contributed by atoms with Gasteiger partial charge in [0.05, 0.1) is 30.6 Å². The number of ether oxygens (including phenoxy) is 3. The molecule has 0 saturated carbocycles. The Morgan fingerprint density at radius 2 is 1.79 bits per heavy atom. The van der Waals surface area contributed by atoms with Crippen LogP contribution in [0.5, 0.6) is 11.5 Å². The number of halogens is 1. The molecular weight excluding hydrogens is 489 g/mol. The topological polar surface area (TPSA) is 82.0 Å². The van der Waals surface area contributed by atoms with Gasteiger partial charge in [-0.3, -0.25) is 14.4 Å². The molecule has 200 valence electrons. The summed E-state index contributed by atoms with van der Waals surface area (Å²) in [6.45, 7) is 5.57. The molecule has 2 saturated heterocycles. The molecule has 1 aromatic heterocycles. The van der Waals surface area contributed by atoms with Crippen LogP contribution in [0.25, 0.3) is 0 Å². The minimum absolute atomic E-state index is 0.207. The van der Waals surface area contributed by atoms with Gasteiger partial charge in [-0.05, 0) is 48.7 Å². The van der Waals surface area contributed by atoms with Crippen LogP contribution in [-0.2, 0) is 24.4 Å². The van der Waals surface area contributed by atoms with Crippen molar-refractivity contribution in [3.8, 4) is 11.5 Å². The number of morpholine rings is 1. The maximum absolute atomic E-state index is 14.2. The highest BCUT2D eigenvalue weighted by Gasteiger charge is 2.41. The normalized spacial score (nSPS) is 24.4. The number of nitrogens with zero attached hydrogens (tertiary/aromatic N) is 5.